The summed E-state index contributed by atoms with van der Waals surface area (Å²) in [4.78, 5) is 14.3. The van der Waals surface area contributed by atoms with Crippen molar-refractivity contribution in [3.63, 3.8) is 0 Å². The SMILES string of the molecule is CSC(CO)C(C)Nc1nccc(C#N)c1[N+](=O)[O-]. The van der Waals surface area contributed by atoms with Crippen molar-refractivity contribution in [3.8, 4) is 6.07 Å². The molecule has 0 aliphatic carbocycles. The molecule has 7 nitrogen and oxygen atoms in total. The van der Waals surface area contributed by atoms with Gasteiger partial charge in [-0.05, 0) is 19.2 Å². The van der Waals surface area contributed by atoms with Crippen molar-refractivity contribution in [2.24, 2.45) is 0 Å². The highest BCUT2D eigenvalue weighted by atomic mass is 32.2. The van der Waals surface area contributed by atoms with E-state index < -0.39 is 4.92 Å². The maximum absolute atomic E-state index is 11.0. The molecule has 0 bridgehead atoms. The van der Waals surface area contributed by atoms with Crippen LogP contribution in [0.25, 0.3) is 0 Å². The first-order chi connectivity index (χ1) is 9.04. The topological polar surface area (TPSA) is 112 Å². The zero-order valence-corrected chi connectivity index (χ0v) is 11.3. The van der Waals surface area contributed by atoms with Crippen LogP contribution in [-0.2, 0) is 0 Å². The molecule has 0 spiro atoms. The molecule has 0 saturated heterocycles. The Labute approximate surface area is 114 Å². The Hall–Kier alpha value is -1.85. The van der Waals surface area contributed by atoms with Gasteiger partial charge in [0.15, 0.2) is 0 Å². The summed E-state index contributed by atoms with van der Waals surface area (Å²) in [6.07, 6.45) is 3.18. The maximum Gasteiger partial charge on any atom is 0.328 e. The first kappa shape index (κ1) is 15.2. The molecule has 1 rings (SSSR count). The van der Waals surface area contributed by atoms with Crippen molar-refractivity contribution >= 4 is 23.3 Å². The normalized spacial score (nSPS) is 13.4. The number of aliphatic hydroxyl groups excluding tert-OH is 1. The molecule has 0 aromatic carbocycles. The first-order valence-electron chi connectivity index (χ1n) is 5.48. The molecule has 0 aliphatic rings. The summed E-state index contributed by atoms with van der Waals surface area (Å²) in [6, 6.07) is 2.85. The van der Waals surface area contributed by atoms with E-state index in [0.717, 1.165) is 0 Å². The van der Waals surface area contributed by atoms with Gasteiger partial charge in [-0.15, -0.1) is 0 Å². The molecule has 0 aliphatic heterocycles. The minimum absolute atomic E-state index is 0.0422. The molecule has 0 radical (unpaired) electrons. The molecule has 2 unspecified atom stereocenters. The number of rotatable bonds is 6. The Kier molecular flexibility index (Phi) is 5.54. The van der Waals surface area contributed by atoms with E-state index in [-0.39, 0.29) is 35.0 Å². The highest BCUT2D eigenvalue weighted by molar-refractivity contribution is 7.99. The third-order valence-electron chi connectivity index (χ3n) is 2.63. The number of thioether (sulfide) groups is 1. The van der Waals surface area contributed by atoms with Gasteiger partial charge in [0, 0.05) is 17.5 Å². The zero-order chi connectivity index (χ0) is 14.4. The number of anilines is 1. The lowest BCUT2D eigenvalue weighted by molar-refractivity contribution is -0.384. The van der Waals surface area contributed by atoms with Gasteiger partial charge < -0.3 is 10.4 Å². The second kappa shape index (κ2) is 6.92. The highest BCUT2D eigenvalue weighted by Gasteiger charge is 2.24. The van der Waals surface area contributed by atoms with Gasteiger partial charge in [-0.1, -0.05) is 0 Å². The number of nitriles is 1. The molecule has 0 amide bonds. The average molecular weight is 282 g/mol. The van der Waals surface area contributed by atoms with Crippen LogP contribution < -0.4 is 5.32 Å². The lowest BCUT2D eigenvalue weighted by Crippen LogP contribution is -2.31. The van der Waals surface area contributed by atoms with E-state index in [1.807, 2.05) is 6.26 Å². The molecule has 8 heteroatoms. The molecular formula is C11H14N4O3S. The number of hydrogen-bond acceptors (Lipinski definition) is 7. The van der Waals surface area contributed by atoms with E-state index in [4.69, 9.17) is 5.26 Å². The van der Waals surface area contributed by atoms with Crippen LogP contribution in [0.1, 0.15) is 12.5 Å². The van der Waals surface area contributed by atoms with Crippen molar-refractivity contribution in [2.75, 3.05) is 18.2 Å². The van der Waals surface area contributed by atoms with Gasteiger partial charge in [0.2, 0.25) is 5.82 Å². The van der Waals surface area contributed by atoms with E-state index in [1.54, 1.807) is 13.0 Å². The fraction of sp³-hybridized carbons (Fsp3) is 0.455. The van der Waals surface area contributed by atoms with Crippen molar-refractivity contribution in [2.45, 2.75) is 18.2 Å². The molecule has 1 aromatic rings. The van der Waals surface area contributed by atoms with Gasteiger partial charge in [-0.3, -0.25) is 10.1 Å². The van der Waals surface area contributed by atoms with Gasteiger partial charge in [0.05, 0.1) is 11.5 Å². The Morgan fingerprint density at radius 1 is 1.74 bits per heavy atom. The minimum Gasteiger partial charge on any atom is -0.395 e. The minimum atomic E-state index is -0.631. The molecular weight excluding hydrogens is 268 g/mol. The highest BCUT2D eigenvalue weighted by Crippen LogP contribution is 2.27. The lowest BCUT2D eigenvalue weighted by atomic mass is 10.2. The number of aromatic nitrogens is 1. The second-order valence-corrected chi connectivity index (χ2v) is 4.89. The largest absolute Gasteiger partial charge is 0.395 e. The van der Waals surface area contributed by atoms with Crippen molar-refractivity contribution in [3.05, 3.63) is 27.9 Å². The fourth-order valence-corrected chi connectivity index (χ4v) is 2.21. The van der Waals surface area contributed by atoms with Crippen LogP contribution in [0.15, 0.2) is 12.3 Å². The van der Waals surface area contributed by atoms with Gasteiger partial charge in [0.1, 0.15) is 11.6 Å². The molecule has 19 heavy (non-hydrogen) atoms. The summed E-state index contributed by atoms with van der Waals surface area (Å²) < 4.78 is 0. The summed E-state index contributed by atoms with van der Waals surface area (Å²) >= 11 is 1.45. The lowest BCUT2D eigenvalue weighted by Gasteiger charge is -2.21. The summed E-state index contributed by atoms with van der Waals surface area (Å²) in [7, 11) is 0. The molecule has 2 atom stereocenters. The van der Waals surface area contributed by atoms with Crippen molar-refractivity contribution < 1.29 is 10.0 Å². The fourth-order valence-electron chi connectivity index (χ4n) is 1.58. The van der Waals surface area contributed by atoms with Crippen LogP contribution in [0.3, 0.4) is 0 Å². The summed E-state index contributed by atoms with van der Waals surface area (Å²) in [5, 5.41) is 31.8. The maximum atomic E-state index is 11.0. The standard InChI is InChI=1S/C11H14N4O3S/c1-7(9(6-16)19-2)14-11-10(15(17)18)8(5-12)3-4-13-11/h3-4,7,9,16H,6H2,1-2H3,(H,13,14). The van der Waals surface area contributed by atoms with E-state index >= 15 is 0 Å². The third-order valence-corrected chi connectivity index (χ3v) is 3.79. The van der Waals surface area contributed by atoms with Crippen molar-refractivity contribution in [1.82, 2.24) is 4.98 Å². The van der Waals surface area contributed by atoms with Crippen LogP contribution in [0, 0.1) is 21.4 Å². The number of hydrogen-bond donors (Lipinski definition) is 2. The van der Waals surface area contributed by atoms with Crippen LogP contribution in [0.4, 0.5) is 11.5 Å². The number of pyridine rings is 1. The van der Waals surface area contributed by atoms with Gasteiger partial charge in [-0.2, -0.15) is 17.0 Å². The molecule has 1 heterocycles. The predicted molar refractivity (Wildman–Crippen MR) is 73.1 cm³/mol. The molecule has 102 valence electrons. The number of nitro groups is 1. The Morgan fingerprint density at radius 2 is 2.42 bits per heavy atom. The number of aliphatic hydroxyl groups is 1. The van der Waals surface area contributed by atoms with Crippen LogP contribution in [-0.4, -0.2) is 39.2 Å². The molecule has 0 fully saturated rings. The zero-order valence-electron chi connectivity index (χ0n) is 10.5. The summed E-state index contributed by atoms with van der Waals surface area (Å²) in [5.41, 5.74) is -0.381. The second-order valence-electron chi connectivity index (χ2n) is 3.81. The third kappa shape index (κ3) is 3.56. The smallest absolute Gasteiger partial charge is 0.328 e. The summed E-state index contributed by atoms with van der Waals surface area (Å²) in [5.74, 6) is 0.0454. The Balaban J connectivity index is 3.08. The van der Waals surface area contributed by atoms with Crippen LogP contribution in [0.5, 0.6) is 0 Å². The first-order valence-corrected chi connectivity index (χ1v) is 6.77. The van der Waals surface area contributed by atoms with Gasteiger partial charge in [0.25, 0.3) is 0 Å². The van der Waals surface area contributed by atoms with Crippen LogP contribution >= 0.6 is 11.8 Å². The van der Waals surface area contributed by atoms with Gasteiger partial charge >= 0.3 is 5.69 Å². The van der Waals surface area contributed by atoms with E-state index in [1.165, 1.54) is 24.0 Å². The molecule has 0 saturated carbocycles. The number of nitrogens with zero attached hydrogens (tertiary/aromatic N) is 3. The van der Waals surface area contributed by atoms with Crippen molar-refractivity contribution in [1.29, 1.82) is 5.26 Å². The van der Waals surface area contributed by atoms with E-state index in [9.17, 15) is 15.2 Å². The monoisotopic (exact) mass is 282 g/mol. The molecule has 1 aromatic heterocycles. The quantitative estimate of drug-likeness (QED) is 0.598. The Morgan fingerprint density at radius 3 is 2.89 bits per heavy atom. The van der Waals surface area contributed by atoms with E-state index in [2.05, 4.69) is 10.3 Å². The predicted octanol–water partition coefficient (Wildman–Crippen LogP) is 1.39. The average Bonchev–Trinajstić information content (AvgIpc) is 2.39. The van der Waals surface area contributed by atoms with E-state index in [0.29, 0.717) is 0 Å². The Bertz CT molecular complexity index is 499. The molecule has 2 N–H and O–H groups in total. The summed E-state index contributed by atoms with van der Waals surface area (Å²) in [6.45, 7) is 1.74. The van der Waals surface area contributed by atoms with Gasteiger partial charge in [-0.25, -0.2) is 4.98 Å². The number of nitrogens with one attached hydrogen (secondary N) is 1. The van der Waals surface area contributed by atoms with Crippen LogP contribution in [0.2, 0.25) is 0 Å².